The average Bonchev–Trinajstić information content (AvgIpc) is 3.14. The van der Waals surface area contributed by atoms with Crippen LogP contribution in [-0.2, 0) is 38.0 Å². The van der Waals surface area contributed by atoms with Gasteiger partial charge in [-0.3, -0.25) is 14.5 Å². The van der Waals surface area contributed by atoms with E-state index in [1.807, 2.05) is 0 Å². The molecule has 0 fully saturated rings. The van der Waals surface area contributed by atoms with Crippen LogP contribution in [0.15, 0.2) is 12.2 Å². The lowest BCUT2D eigenvalue weighted by atomic mass is 10.1. The number of carbonyl (C=O) groups excluding carboxylic acids is 2. The summed E-state index contributed by atoms with van der Waals surface area (Å²) in [6.07, 6.45) is 10.2. The molecule has 0 aromatic carbocycles. The molecular weight excluding hydrogens is 430 g/mol. The van der Waals surface area contributed by atoms with Gasteiger partial charge in [0.2, 0.25) is 0 Å². The second kappa shape index (κ2) is 22.4. The molecule has 0 radical (unpaired) electrons. The Morgan fingerprint density at radius 1 is 0.515 bits per heavy atom. The van der Waals surface area contributed by atoms with Crippen LogP contribution < -0.4 is 0 Å². The van der Waals surface area contributed by atoms with Crippen LogP contribution in [-0.4, -0.2) is 103 Å². The van der Waals surface area contributed by atoms with Crippen LogP contribution in [0.4, 0.5) is 0 Å². The molecule has 0 atom stereocenters. The molecular formula is C24H43NO8. The fourth-order valence-corrected chi connectivity index (χ4v) is 2.99. The second-order valence-electron chi connectivity index (χ2n) is 7.60. The Morgan fingerprint density at radius 2 is 0.879 bits per heavy atom. The Hall–Kier alpha value is -1.36. The zero-order chi connectivity index (χ0) is 23.8. The lowest BCUT2D eigenvalue weighted by molar-refractivity contribution is -0.137. The van der Waals surface area contributed by atoms with E-state index in [4.69, 9.17) is 28.4 Å². The minimum Gasteiger partial charge on any atom is -0.379 e. The predicted octanol–water partition coefficient (Wildman–Crippen LogP) is 2.37. The molecule has 1 aliphatic heterocycles. The van der Waals surface area contributed by atoms with Gasteiger partial charge in [0.25, 0.3) is 11.8 Å². The number of unbranched alkanes of at least 4 members (excludes halogenated alkanes) is 5. The van der Waals surface area contributed by atoms with Gasteiger partial charge in [0.15, 0.2) is 0 Å². The van der Waals surface area contributed by atoms with E-state index in [1.165, 1.54) is 44.3 Å². The Morgan fingerprint density at radius 3 is 1.33 bits per heavy atom. The van der Waals surface area contributed by atoms with E-state index in [-0.39, 0.29) is 18.4 Å². The summed E-state index contributed by atoms with van der Waals surface area (Å²) < 4.78 is 32.6. The van der Waals surface area contributed by atoms with Crippen LogP contribution in [0.25, 0.3) is 0 Å². The second-order valence-corrected chi connectivity index (χ2v) is 7.60. The molecule has 0 N–H and O–H groups in total. The molecule has 1 rings (SSSR count). The number of nitrogens with zero attached hydrogens (tertiary/aromatic N) is 1. The Balaban J connectivity index is 1.66. The molecule has 0 aliphatic carbocycles. The van der Waals surface area contributed by atoms with E-state index in [0.29, 0.717) is 72.7 Å². The van der Waals surface area contributed by atoms with Crippen LogP contribution in [0.2, 0.25) is 0 Å². The van der Waals surface area contributed by atoms with Gasteiger partial charge < -0.3 is 28.4 Å². The molecule has 0 unspecified atom stereocenters. The maximum atomic E-state index is 11.4. The van der Waals surface area contributed by atoms with Crippen LogP contribution in [0, 0.1) is 0 Å². The predicted molar refractivity (Wildman–Crippen MR) is 124 cm³/mol. The number of ether oxygens (including phenoxy) is 6. The van der Waals surface area contributed by atoms with E-state index in [1.54, 1.807) is 0 Å². The van der Waals surface area contributed by atoms with Gasteiger partial charge >= 0.3 is 0 Å². The lowest BCUT2D eigenvalue weighted by Gasteiger charge is -2.13. The van der Waals surface area contributed by atoms with Crippen LogP contribution in [0.3, 0.4) is 0 Å². The molecule has 0 spiro atoms. The fraction of sp³-hybridized carbons (Fsp3) is 0.833. The summed E-state index contributed by atoms with van der Waals surface area (Å²) in [5.74, 6) is -0.589. The highest BCUT2D eigenvalue weighted by molar-refractivity contribution is 6.12. The van der Waals surface area contributed by atoms with Crippen molar-refractivity contribution in [1.82, 2.24) is 4.90 Å². The molecule has 192 valence electrons. The molecule has 0 saturated carbocycles. The van der Waals surface area contributed by atoms with Crippen LogP contribution in [0.1, 0.15) is 45.4 Å². The highest BCUT2D eigenvalue weighted by atomic mass is 16.6. The third-order valence-electron chi connectivity index (χ3n) is 4.86. The van der Waals surface area contributed by atoms with Crippen molar-refractivity contribution in [2.45, 2.75) is 45.4 Å². The first-order valence-electron chi connectivity index (χ1n) is 12.3. The molecule has 2 amide bonds. The van der Waals surface area contributed by atoms with Crippen molar-refractivity contribution in [3.8, 4) is 0 Å². The van der Waals surface area contributed by atoms with Crippen molar-refractivity contribution < 1.29 is 38.0 Å². The standard InChI is InChI=1S/C24H43NO8/c1-2-3-4-5-6-7-11-28-13-15-30-17-19-32-21-22-33-20-18-31-16-14-29-12-10-25-23(26)8-9-24(25)27/h8-9H,2-7,10-22H2,1H3. The van der Waals surface area contributed by atoms with E-state index >= 15 is 0 Å². The van der Waals surface area contributed by atoms with Crippen molar-refractivity contribution >= 4 is 11.8 Å². The zero-order valence-corrected chi connectivity index (χ0v) is 20.3. The molecule has 9 heteroatoms. The fourth-order valence-electron chi connectivity index (χ4n) is 2.99. The van der Waals surface area contributed by atoms with Gasteiger partial charge in [-0.1, -0.05) is 39.0 Å². The number of hydrogen-bond donors (Lipinski definition) is 0. The summed E-state index contributed by atoms with van der Waals surface area (Å²) in [6, 6.07) is 0. The molecule has 0 aromatic rings. The number of hydrogen-bond acceptors (Lipinski definition) is 8. The van der Waals surface area contributed by atoms with Crippen molar-refractivity contribution in [3.05, 3.63) is 12.2 Å². The van der Waals surface area contributed by atoms with Gasteiger partial charge in [0.1, 0.15) is 0 Å². The monoisotopic (exact) mass is 473 g/mol. The Labute approximate surface area is 198 Å². The van der Waals surface area contributed by atoms with E-state index in [0.717, 1.165) is 17.9 Å². The highest BCUT2D eigenvalue weighted by Gasteiger charge is 2.22. The first-order chi connectivity index (χ1) is 16.3. The number of amides is 2. The van der Waals surface area contributed by atoms with Crippen LogP contribution >= 0.6 is 0 Å². The normalized spacial score (nSPS) is 13.5. The van der Waals surface area contributed by atoms with E-state index in [2.05, 4.69) is 6.92 Å². The molecule has 33 heavy (non-hydrogen) atoms. The highest BCUT2D eigenvalue weighted by Crippen LogP contribution is 2.05. The zero-order valence-electron chi connectivity index (χ0n) is 20.3. The molecule has 1 heterocycles. The van der Waals surface area contributed by atoms with Gasteiger partial charge in [0.05, 0.1) is 79.2 Å². The minimum absolute atomic E-state index is 0.256. The molecule has 0 bridgehead atoms. The molecule has 1 aliphatic rings. The minimum atomic E-state index is -0.294. The number of imide groups is 1. The van der Waals surface area contributed by atoms with E-state index in [9.17, 15) is 9.59 Å². The summed E-state index contributed by atoms with van der Waals surface area (Å²) in [6.45, 7) is 8.75. The summed E-state index contributed by atoms with van der Waals surface area (Å²) >= 11 is 0. The van der Waals surface area contributed by atoms with Crippen molar-refractivity contribution in [2.75, 3.05) is 85.8 Å². The largest absolute Gasteiger partial charge is 0.379 e. The van der Waals surface area contributed by atoms with Gasteiger partial charge in [-0.15, -0.1) is 0 Å². The number of carbonyl (C=O) groups is 2. The van der Waals surface area contributed by atoms with Gasteiger partial charge in [-0.2, -0.15) is 0 Å². The lowest BCUT2D eigenvalue weighted by Crippen LogP contribution is -2.33. The third-order valence-corrected chi connectivity index (χ3v) is 4.86. The summed E-state index contributed by atoms with van der Waals surface area (Å²) in [4.78, 5) is 23.8. The van der Waals surface area contributed by atoms with Crippen molar-refractivity contribution in [2.24, 2.45) is 0 Å². The molecule has 0 saturated heterocycles. The first-order valence-corrected chi connectivity index (χ1v) is 12.3. The SMILES string of the molecule is CCCCCCCCOCCOCCOCCOCCOCCOCCN1C(=O)C=CC1=O. The first kappa shape index (κ1) is 29.7. The number of rotatable bonds is 25. The average molecular weight is 474 g/mol. The van der Waals surface area contributed by atoms with Gasteiger partial charge in [-0.25, -0.2) is 0 Å². The van der Waals surface area contributed by atoms with Gasteiger partial charge in [0, 0.05) is 18.8 Å². The Bertz CT molecular complexity index is 497. The van der Waals surface area contributed by atoms with Gasteiger partial charge in [-0.05, 0) is 6.42 Å². The summed E-state index contributed by atoms with van der Waals surface area (Å²) in [7, 11) is 0. The quantitative estimate of drug-likeness (QED) is 0.147. The summed E-state index contributed by atoms with van der Waals surface area (Å²) in [5, 5.41) is 0. The van der Waals surface area contributed by atoms with Crippen molar-refractivity contribution in [3.63, 3.8) is 0 Å². The van der Waals surface area contributed by atoms with Crippen molar-refractivity contribution in [1.29, 1.82) is 0 Å². The maximum Gasteiger partial charge on any atom is 0.253 e. The smallest absolute Gasteiger partial charge is 0.253 e. The third kappa shape index (κ3) is 17.7. The topological polar surface area (TPSA) is 92.8 Å². The maximum absolute atomic E-state index is 11.4. The Kier molecular flexibility index (Phi) is 20.2. The molecule has 0 aromatic heterocycles. The van der Waals surface area contributed by atoms with E-state index < -0.39 is 0 Å². The summed E-state index contributed by atoms with van der Waals surface area (Å²) in [5.41, 5.74) is 0. The molecule has 9 nitrogen and oxygen atoms in total. The van der Waals surface area contributed by atoms with Crippen LogP contribution in [0.5, 0.6) is 0 Å².